The van der Waals surface area contributed by atoms with Crippen molar-refractivity contribution in [3.8, 4) is 11.3 Å². The zero-order valence-corrected chi connectivity index (χ0v) is 16.2. The quantitative estimate of drug-likeness (QED) is 0.530. The first kappa shape index (κ1) is 17.8. The highest BCUT2D eigenvalue weighted by Gasteiger charge is 2.34. The van der Waals surface area contributed by atoms with Crippen LogP contribution in [0.4, 0.5) is 0 Å². The number of ether oxygens (including phenoxy) is 1. The zero-order chi connectivity index (χ0) is 18.1. The summed E-state index contributed by atoms with van der Waals surface area (Å²) < 4.78 is 12.0. The summed E-state index contributed by atoms with van der Waals surface area (Å²) >= 11 is 12.9. The second-order valence-electron chi connectivity index (χ2n) is 6.11. The summed E-state index contributed by atoms with van der Waals surface area (Å²) in [6.07, 6.45) is 3.81. The molecule has 3 heterocycles. The van der Waals surface area contributed by atoms with Gasteiger partial charge in [0.1, 0.15) is 15.8 Å². The van der Waals surface area contributed by atoms with Crippen molar-refractivity contribution in [2.45, 2.75) is 18.9 Å². The summed E-state index contributed by atoms with van der Waals surface area (Å²) in [5.74, 6) is 1.17. The van der Waals surface area contributed by atoms with Crippen molar-refractivity contribution in [3.63, 3.8) is 0 Å². The van der Waals surface area contributed by atoms with E-state index in [1.165, 1.54) is 11.8 Å². The zero-order valence-electron chi connectivity index (χ0n) is 13.8. The summed E-state index contributed by atoms with van der Waals surface area (Å²) in [5, 5.41) is 0.622. The third kappa shape index (κ3) is 3.60. The maximum atomic E-state index is 12.7. The summed E-state index contributed by atoms with van der Waals surface area (Å²) in [7, 11) is 0. The summed E-state index contributed by atoms with van der Waals surface area (Å²) in [6.45, 7) is 1.28. The Kier molecular flexibility index (Phi) is 5.18. The van der Waals surface area contributed by atoms with E-state index in [1.54, 1.807) is 11.0 Å². The van der Waals surface area contributed by atoms with Gasteiger partial charge in [-0.2, -0.15) is 0 Å². The van der Waals surface area contributed by atoms with E-state index < -0.39 is 0 Å². The van der Waals surface area contributed by atoms with Crippen LogP contribution in [-0.2, 0) is 9.53 Å². The van der Waals surface area contributed by atoms with Gasteiger partial charge in [-0.25, -0.2) is 0 Å². The summed E-state index contributed by atoms with van der Waals surface area (Å²) in [5.41, 5.74) is 0.819. The third-order valence-corrected chi connectivity index (χ3v) is 6.03. The lowest BCUT2D eigenvalue weighted by Crippen LogP contribution is -2.35. The smallest absolute Gasteiger partial charge is 0.266 e. The number of thioether (sulfide) groups is 1. The minimum Gasteiger partial charge on any atom is -0.457 e. The molecular weight excluding hydrogens is 390 g/mol. The number of hydrogen-bond acceptors (Lipinski definition) is 5. The average Bonchev–Trinajstić information content (AvgIpc) is 3.35. The lowest BCUT2D eigenvalue weighted by Gasteiger charge is -2.18. The Balaban J connectivity index is 1.53. The van der Waals surface area contributed by atoms with Crippen LogP contribution in [0.25, 0.3) is 17.4 Å². The predicted octanol–water partition coefficient (Wildman–Crippen LogP) is 4.98. The number of rotatable bonds is 4. The van der Waals surface area contributed by atoms with Gasteiger partial charge in [-0.3, -0.25) is 9.69 Å². The molecule has 2 fully saturated rings. The number of halogens is 1. The molecule has 1 amide bonds. The Morgan fingerprint density at radius 2 is 2.15 bits per heavy atom. The Labute approximate surface area is 166 Å². The van der Waals surface area contributed by atoms with Gasteiger partial charge in [-0.1, -0.05) is 47.7 Å². The molecule has 2 saturated heterocycles. The lowest BCUT2D eigenvalue weighted by atomic mass is 10.2. The minimum atomic E-state index is -0.0915. The van der Waals surface area contributed by atoms with E-state index in [4.69, 9.17) is 33.0 Å². The van der Waals surface area contributed by atoms with Gasteiger partial charge < -0.3 is 9.15 Å². The molecule has 26 heavy (non-hydrogen) atoms. The number of thiocarbonyl (C=S) groups is 1. The van der Waals surface area contributed by atoms with Gasteiger partial charge in [0.2, 0.25) is 0 Å². The van der Waals surface area contributed by atoms with Crippen molar-refractivity contribution < 1.29 is 13.9 Å². The lowest BCUT2D eigenvalue weighted by molar-refractivity contribution is -0.123. The first-order chi connectivity index (χ1) is 12.6. The fraction of sp³-hybridized carbons (Fsp3) is 0.263. The van der Waals surface area contributed by atoms with E-state index in [9.17, 15) is 4.79 Å². The predicted molar refractivity (Wildman–Crippen MR) is 108 cm³/mol. The fourth-order valence-electron chi connectivity index (χ4n) is 3.01. The molecule has 0 saturated carbocycles. The molecule has 2 aliphatic heterocycles. The first-order valence-corrected chi connectivity index (χ1v) is 9.94. The number of furan rings is 1. The molecule has 0 radical (unpaired) electrons. The van der Waals surface area contributed by atoms with Crippen LogP contribution in [-0.4, -0.2) is 34.4 Å². The number of amides is 1. The Morgan fingerprint density at radius 3 is 2.92 bits per heavy atom. The van der Waals surface area contributed by atoms with E-state index in [1.807, 2.05) is 36.4 Å². The molecule has 0 aliphatic carbocycles. The van der Waals surface area contributed by atoms with Crippen LogP contribution < -0.4 is 0 Å². The second-order valence-corrected chi connectivity index (χ2v) is 8.19. The molecule has 4 nitrogen and oxygen atoms in total. The van der Waals surface area contributed by atoms with E-state index in [0.717, 1.165) is 25.0 Å². The second kappa shape index (κ2) is 7.56. The number of nitrogens with zero attached hydrogens (tertiary/aromatic N) is 1. The van der Waals surface area contributed by atoms with Crippen LogP contribution in [0.5, 0.6) is 0 Å². The first-order valence-electron chi connectivity index (χ1n) is 8.33. The van der Waals surface area contributed by atoms with Crippen LogP contribution >= 0.6 is 35.6 Å². The molecule has 2 aromatic rings. The maximum Gasteiger partial charge on any atom is 0.266 e. The van der Waals surface area contributed by atoms with Gasteiger partial charge in [0.05, 0.1) is 22.6 Å². The Hall–Kier alpha value is -1.60. The topological polar surface area (TPSA) is 42.7 Å². The molecule has 2 aliphatic rings. The average molecular weight is 406 g/mol. The molecule has 134 valence electrons. The molecule has 0 N–H and O–H groups in total. The van der Waals surface area contributed by atoms with E-state index in [0.29, 0.717) is 32.3 Å². The highest BCUT2D eigenvalue weighted by molar-refractivity contribution is 8.26. The van der Waals surface area contributed by atoms with Gasteiger partial charge >= 0.3 is 0 Å². The third-order valence-electron chi connectivity index (χ3n) is 4.32. The van der Waals surface area contributed by atoms with Gasteiger partial charge in [-0.05, 0) is 37.1 Å². The fourth-order valence-corrected chi connectivity index (χ4v) is 4.50. The van der Waals surface area contributed by atoms with Gasteiger partial charge in [-0.15, -0.1) is 0 Å². The Bertz CT molecular complexity index is 886. The molecule has 0 spiro atoms. The highest BCUT2D eigenvalue weighted by Crippen LogP contribution is 2.35. The molecule has 4 rings (SSSR count). The molecule has 1 unspecified atom stereocenters. The molecule has 0 bridgehead atoms. The number of benzene rings is 1. The van der Waals surface area contributed by atoms with E-state index in [2.05, 4.69) is 0 Å². The van der Waals surface area contributed by atoms with Gasteiger partial charge in [0, 0.05) is 18.2 Å². The largest absolute Gasteiger partial charge is 0.457 e. The van der Waals surface area contributed by atoms with E-state index >= 15 is 0 Å². The van der Waals surface area contributed by atoms with Gasteiger partial charge in [0.25, 0.3) is 5.91 Å². The Morgan fingerprint density at radius 1 is 1.31 bits per heavy atom. The summed E-state index contributed by atoms with van der Waals surface area (Å²) in [6, 6.07) is 11.2. The molecule has 1 aromatic heterocycles. The van der Waals surface area contributed by atoms with E-state index in [-0.39, 0.29) is 12.0 Å². The highest BCUT2D eigenvalue weighted by atomic mass is 35.5. The van der Waals surface area contributed by atoms with Crippen LogP contribution in [0.2, 0.25) is 5.02 Å². The number of carbonyl (C=O) groups excluding carboxylic acids is 1. The summed E-state index contributed by atoms with van der Waals surface area (Å²) in [4.78, 5) is 14.9. The molecule has 1 atom stereocenters. The molecule has 1 aromatic carbocycles. The monoisotopic (exact) mass is 405 g/mol. The minimum absolute atomic E-state index is 0.0762. The standard InChI is InChI=1S/C19H16ClNO3S2/c20-15-6-2-1-5-14(15)16-8-7-12(24-16)10-17-18(22)21(19(25)26-17)11-13-4-3-9-23-13/h1-2,5-8,10,13H,3-4,9,11H2. The van der Waals surface area contributed by atoms with Crippen molar-refractivity contribution >= 4 is 51.9 Å². The van der Waals surface area contributed by atoms with Gasteiger partial charge in [0.15, 0.2) is 0 Å². The van der Waals surface area contributed by atoms with Crippen LogP contribution in [0.1, 0.15) is 18.6 Å². The van der Waals surface area contributed by atoms with Crippen molar-refractivity contribution in [3.05, 3.63) is 52.1 Å². The van der Waals surface area contributed by atoms with Crippen LogP contribution in [0, 0.1) is 0 Å². The maximum absolute atomic E-state index is 12.7. The number of carbonyl (C=O) groups is 1. The normalized spacial score (nSPS) is 22.0. The van der Waals surface area contributed by atoms with Crippen molar-refractivity contribution in [1.82, 2.24) is 4.90 Å². The van der Waals surface area contributed by atoms with Crippen LogP contribution in [0.15, 0.2) is 45.7 Å². The molecule has 7 heteroatoms. The molecular formula is C19H16ClNO3S2. The number of hydrogen-bond donors (Lipinski definition) is 0. The van der Waals surface area contributed by atoms with Crippen molar-refractivity contribution in [2.24, 2.45) is 0 Å². The van der Waals surface area contributed by atoms with Crippen molar-refractivity contribution in [1.29, 1.82) is 0 Å². The SMILES string of the molecule is O=C1C(=Cc2ccc(-c3ccccc3Cl)o2)SC(=S)N1CC1CCCO1. The van der Waals surface area contributed by atoms with Crippen molar-refractivity contribution in [2.75, 3.05) is 13.2 Å². The van der Waals surface area contributed by atoms with Crippen LogP contribution in [0.3, 0.4) is 0 Å².